The van der Waals surface area contributed by atoms with Gasteiger partial charge in [0.1, 0.15) is 0 Å². The van der Waals surface area contributed by atoms with Crippen molar-refractivity contribution < 1.29 is 4.79 Å². The summed E-state index contributed by atoms with van der Waals surface area (Å²) in [5.74, 6) is 2.99. The van der Waals surface area contributed by atoms with E-state index in [0.29, 0.717) is 17.3 Å². The molecule has 1 rings (SSSR count). The Balaban J connectivity index is 2.53. The number of nitrogens with one attached hydrogen (secondary N) is 1. The van der Waals surface area contributed by atoms with E-state index in [2.05, 4.69) is 5.32 Å². The van der Waals surface area contributed by atoms with Gasteiger partial charge >= 0.3 is 0 Å². The van der Waals surface area contributed by atoms with Gasteiger partial charge in [0.25, 0.3) is 0 Å². The fourth-order valence-electron chi connectivity index (χ4n) is 2.37. The third-order valence-corrected chi connectivity index (χ3v) is 5.31. The monoisotopic (exact) mass is 288 g/mol. The van der Waals surface area contributed by atoms with Crippen molar-refractivity contribution in [3.63, 3.8) is 0 Å². The zero-order chi connectivity index (χ0) is 13.6. The summed E-state index contributed by atoms with van der Waals surface area (Å²) in [6, 6.07) is 0. The summed E-state index contributed by atoms with van der Waals surface area (Å²) < 4.78 is 0. The van der Waals surface area contributed by atoms with Crippen LogP contribution >= 0.6 is 24.0 Å². The lowest BCUT2D eigenvalue weighted by atomic mass is 9.91. The summed E-state index contributed by atoms with van der Waals surface area (Å²) in [5.41, 5.74) is 5.30. The third-order valence-electron chi connectivity index (χ3n) is 3.87. The van der Waals surface area contributed by atoms with Crippen molar-refractivity contribution in [2.24, 2.45) is 11.7 Å². The molecule has 1 heterocycles. The molecule has 1 fully saturated rings. The highest BCUT2D eigenvalue weighted by Gasteiger charge is 2.32. The van der Waals surface area contributed by atoms with Crippen LogP contribution in [0.3, 0.4) is 0 Å². The maximum Gasteiger partial charge on any atom is 0.221 e. The van der Waals surface area contributed by atoms with Crippen LogP contribution in [0.15, 0.2) is 0 Å². The fourth-order valence-corrected chi connectivity index (χ4v) is 3.91. The molecule has 0 unspecified atom stereocenters. The molecule has 0 aromatic carbocycles. The minimum Gasteiger partial charge on any atom is -0.391 e. The van der Waals surface area contributed by atoms with Crippen molar-refractivity contribution in [3.05, 3.63) is 0 Å². The Morgan fingerprint density at radius 2 is 1.94 bits per heavy atom. The van der Waals surface area contributed by atoms with Gasteiger partial charge in [-0.3, -0.25) is 4.79 Å². The Hall–Kier alpha value is -0.290. The molecule has 0 bridgehead atoms. The van der Waals surface area contributed by atoms with Crippen LogP contribution in [0, 0.1) is 5.92 Å². The smallest absolute Gasteiger partial charge is 0.221 e. The summed E-state index contributed by atoms with van der Waals surface area (Å²) in [6.45, 7) is 4.03. The predicted octanol–water partition coefficient (Wildman–Crippen LogP) is 2.48. The van der Waals surface area contributed by atoms with Gasteiger partial charge in [0.05, 0.1) is 10.5 Å². The zero-order valence-electron chi connectivity index (χ0n) is 11.3. The number of thiocarbonyl (C=S) groups is 1. The molecule has 0 aromatic rings. The highest BCUT2D eigenvalue weighted by molar-refractivity contribution is 7.99. The molecule has 1 aliphatic heterocycles. The van der Waals surface area contributed by atoms with E-state index >= 15 is 0 Å². The minimum absolute atomic E-state index is 0.100. The van der Waals surface area contributed by atoms with Crippen molar-refractivity contribution in [1.82, 2.24) is 5.32 Å². The first-order chi connectivity index (χ1) is 8.54. The highest BCUT2D eigenvalue weighted by atomic mass is 32.2. The van der Waals surface area contributed by atoms with E-state index in [-0.39, 0.29) is 5.91 Å². The number of thioether (sulfide) groups is 1. The van der Waals surface area contributed by atoms with Crippen molar-refractivity contribution >= 4 is 34.9 Å². The summed E-state index contributed by atoms with van der Waals surface area (Å²) in [5, 5.41) is 3.06. The Labute approximate surface area is 120 Å². The van der Waals surface area contributed by atoms with Crippen LogP contribution in [0.4, 0.5) is 0 Å². The molecule has 3 nitrogen and oxygen atoms in total. The van der Waals surface area contributed by atoms with Gasteiger partial charge in [-0.2, -0.15) is 11.8 Å². The maximum absolute atomic E-state index is 12.1. The number of hydrogen-bond acceptors (Lipinski definition) is 3. The van der Waals surface area contributed by atoms with E-state index in [4.69, 9.17) is 18.0 Å². The standard InChI is InChI=1S/C13H24N2OS2/c1-3-13(4-2,12(14)17)15-11(16)9-10-5-7-18-8-6-10/h10H,3-9H2,1-2H3,(H2,14,17)(H,15,16). The highest BCUT2D eigenvalue weighted by Crippen LogP contribution is 2.26. The van der Waals surface area contributed by atoms with Gasteiger partial charge in [-0.25, -0.2) is 0 Å². The SMILES string of the molecule is CCC(CC)(NC(=O)CC1CCSCC1)C(N)=S. The average Bonchev–Trinajstić information content (AvgIpc) is 2.37. The first-order valence-corrected chi connectivity index (χ1v) is 8.29. The molecule has 0 aromatic heterocycles. The third kappa shape index (κ3) is 4.12. The molecule has 1 aliphatic rings. The van der Waals surface area contributed by atoms with Crippen molar-refractivity contribution in [2.45, 2.75) is 51.5 Å². The number of carbonyl (C=O) groups is 1. The van der Waals surface area contributed by atoms with Crippen LogP contribution in [0.5, 0.6) is 0 Å². The molecule has 1 saturated heterocycles. The molecule has 5 heteroatoms. The van der Waals surface area contributed by atoms with E-state index in [1.165, 1.54) is 11.5 Å². The second-order valence-corrected chi connectivity index (χ2v) is 6.63. The molecule has 0 radical (unpaired) electrons. The van der Waals surface area contributed by atoms with E-state index in [1.54, 1.807) is 0 Å². The zero-order valence-corrected chi connectivity index (χ0v) is 13.0. The van der Waals surface area contributed by atoms with Crippen LogP contribution in [-0.4, -0.2) is 27.9 Å². The van der Waals surface area contributed by atoms with Crippen molar-refractivity contribution in [3.8, 4) is 0 Å². The van der Waals surface area contributed by atoms with Gasteiger partial charge in [-0.05, 0) is 43.1 Å². The fraction of sp³-hybridized carbons (Fsp3) is 0.846. The van der Waals surface area contributed by atoms with Crippen molar-refractivity contribution in [1.29, 1.82) is 0 Å². The van der Waals surface area contributed by atoms with E-state index in [9.17, 15) is 4.79 Å². The van der Waals surface area contributed by atoms with E-state index in [0.717, 1.165) is 25.7 Å². The van der Waals surface area contributed by atoms with Crippen LogP contribution < -0.4 is 11.1 Å². The van der Waals surface area contributed by atoms with Crippen LogP contribution in [0.2, 0.25) is 0 Å². The maximum atomic E-state index is 12.1. The molecule has 104 valence electrons. The van der Waals surface area contributed by atoms with Gasteiger partial charge in [0, 0.05) is 6.42 Å². The molecule has 3 N–H and O–H groups in total. The predicted molar refractivity (Wildman–Crippen MR) is 82.9 cm³/mol. The van der Waals surface area contributed by atoms with Gasteiger partial charge in [-0.15, -0.1) is 0 Å². The molecular formula is C13H24N2OS2. The molecule has 0 saturated carbocycles. The number of nitrogens with two attached hydrogens (primary N) is 1. The topological polar surface area (TPSA) is 55.1 Å². The summed E-state index contributed by atoms with van der Waals surface area (Å²) in [7, 11) is 0. The first kappa shape index (κ1) is 15.8. The second-order valence-electron chi connectivity index (χ2n) is 4.96. The number of amides is 1. The number of hydrogen-bond donors (Lipinski definition) is 2. The van der Waals surface area contributed by atoms with Gasteiger partial charge in [0.15, 0.2) is 0 Å². The Morgan fingerprint density at radius 3 is 2.39 bits per heavy atom. The molecule has 0 atom stereocenters. The molecule has 0 spiro atoms. The Bertz CT molecular complexity index is 297. The summed E-state index contributed by atoms with van der Waals surface area (Å²) >= 11 is 7.09. The largest absolute Gasteiger partial charge is 0.391 e. The molecule has 18 heavy (non-hydrogen) atoms. The molecular weight excluding hydrogens is 264 g/mol. The normalized spacial score (nSPS) is 17.4. The van der Waals surface area contributed by atoms with E-state index < -0.39 is 5.54 Å². The summed E-state index contributed by atoms with van der Waals surface area (Å²) in [6.07, 6.45) is 4.42. The lowest BCUT2D eigenvalue weighted by molar-refractivity contribution is -0.123. The van der Waals surface area contributed by atoms with Gasteiger partial charge in [-0.1, -0.05) is 26.1 Å². The van der Waals surface area contributed by atoms with Crippen LogP contribution in [0.1, 0.15) is 46.0 Å². The Kier molecular flexibility index (Phi) is 6.43. The van der Waals surface area contributed by atoms with Crippen LogP contribution in [-0.2, 0) is 4.79 Å². The lowest BCUT2D eigenvalue weighted by Gasteiger charge is -2.32. The first-order valence-electron chi connectivity index (χ1n) is 6.72. The van der Waals surface area contributed by atoms with Gasteiger partial charge in [0.2, 0.25) is 5.91 Å². The molecule has 1 amide bonds. The Morgan fingerprint density at radius 1 is 1.39 bits per heavy atom. The second kappa shape index (κ2) is 7.34. The minimum atomic E-state index is -0.490. The molecule has 0 aliphatic carbocycles. The quantitative estimate of drug-likeness (QED) is 0.737. The average molecular weight is 288 g/mol. The van der Waals surface area contributed by atoms with E-state index in [1.807, 2.05) is 25.6 Å². The number of rotatable bonds is 6. The lowest BCUT2D eigenvalue weighted by Crippen LogP contribution is -2.56. The summed E-state index contributed by atoms with van der Waals surface area (Å²) in [4.78, 5) is 12.5. The van der Waals surface area contributed by atoms with Gasteiger partial charge < -0.3 is 11.1 Å². The van der Waals surface area contributed by atoms with Crippen LogP contribution in [0.25, 0.3) is 0 Å². The van der Waals surface area contributed by atoms with Crippen molar-refractivity contribution in [2.75, 3.05) is 11.5 Å². The number of carbonyl (C=O) groups excluding carboxylic acids is 1.